The molecular formula is C17H23N3OS. The molecule has 5 heteroatoms. The molecule has 0 fully saturated rings. The minimum atomic E-state index is 0.150. The monoisotopic (exact) mass is 317 g/mol. The van der Waals surface area contributed by atoms with E-state index in [2.05, 4.69) is 27.5 Å². The van der Waals surface area contributed by atoms with Crippen LogP contribution in [-0.4, -0.2) is 27.9 Å². The summed E-state index contributed by atoms with van der Waals surface area (Å²) in [4.78, 5) is 14.5. The van der Waals surface area contributed by atoms with Gasteiger partial charge in [-0.25, -0.2) is 0 Å². The number of H-pyrrole nitrogens is 1. The molecule has 22 heavy (non-hydrogen) atoms. The predicted molar refractivity (Wildman–Crippen MR) is 89.3 cm³/mol. The van der Waals surface area contributed by atoms with Crippen LogP contribution in [0.5, 0.6) is 0 Å². The highest BCUT2D eigenvalue weighted by molar-refractivity contribution is 7.12. The van der Waals surface area contributed by atoms with E-state index in [0.717, 1.165) is 30.8 Å². The van der Waals surface area contributed by atoms with Crippen LogP contribution in [0.2, 0.25) is 0 Å². The molecule has 2 aromatic heterocycles. The lowest BCUT2D eigenvalue weighted by atomic mass is 10.1. The molecule has 0 atom stereocenters. The second kappa shape index (κ2) is 6.75. The Hall–Kier alpha value is -1.46. The number of aryl methyl sites for hydroxylation is 1. The zero-order valence-electron chi connectivity index (χ0n) is 13.3. The van der Waals surface area contributed by atoms with E-state index < -0.39 is 0 Å². The molecule has 3 rings (SSSR count). The number of rotatable bonds is 5. The van der Waals surface area contributed by atoms with Crippen LogP contribution < -0.4 is 0 Å². The van der Waals surface area contributed by atoms with E-state index in [4.69, 9.17) is 0 Å². The van der Waals surface area contributed by atoms with E-state index >= 15 is 0 Å². The van der Waals surface area contributed by atoms with Crippen LogP contribution in [-0.2, 0) is 25.9 Å². The van der Waals surface area contributed by atoms with Gasteiger partial charge in [0.05, 0.1) is 10.6 Å². The van der Waals surface area contributed by atoms with Gasteiger partial charge in [-0.15, -0.1) is 11.3 Å². The number of aromatic amines is 1. The summed E-state index contributed by atoms with van der Waals surface area (Å²) in [5.41, 5.74) is 5.19. The first-order chi connectivity index (χ1) is 10.6. The van der Waals surface area contributed by atoms with Crippen LogP contribution in [0.15, 0.2) is 11.4 Å². The van der Waals surface area contributed by atoms with Crippen molar-refractivity contribution >= 4 is 17.1 Å². The summed E-state index contributed by atoms with van der Waals surface area (Å²) in [6.45, 7) is 3.33. The van der Waals surface area contributed by atoms with Crippen LogP contribution in [0.1, 0.15) is 58.4 Å². The van der Waals surface area contributed by atoms with Crippen molar-refractivity contribution < 1.29 is 4.79 Å². The Morgan fingerprint density at radius 2 is 2.14 bits per heavy atom. The third-order valence-corrected chi connectivity index (χ3v) is 5.34. The largest absolute Gasteiger partial charge is 0.296 e. The molecule has 2 aromatic rings. The van der Waals surface area contributed by atoms with E-state index in [1.165, 1.54) is 53.1 Å². The maximum Gasteiger partial charge on any atom is 0.169 e. The van der Waals surface area contributed by atoms with Gasteiger partial charge >= 0.3 is 0 Å². The van der Waals surface area contributed by atoms with Gasteiger partial charge in [-0.3, -0.25) is 14.8 Å². The smallest absolute Gasteiger partial charge is 0.169 e. The number of nitrogens with zero attached hydrogens (tertiary/aromatic N) is 2. The number of ketones is 1. The number of aromatic nitrogens is 2. The van der Waals surface area contributed by atoms with E-state index in [1.54, 1.807) is 6.92 Å². The predicted octanol–water partition coefficient (Wildman–Crippen LogP) is 3.57. The number of thiophene rings is 1. The Kier molecular flexibility index (Phi) is 4.74. The second-order valence-corrected chi connectivity index (χ2v) is 7.15. The lowest BCUT2D eigenvalue weighted by Gasteiger charge is -2.15. The van der Waals surface area contributed by atoms with Crippen LogP contribution in [0.25, 0.3) is 0 Å². The summed E-state index contributed by atoms with van der Waals surface area (Å²) in [5.74, 6) is 0.150. The van der Waals surface area contributed by atoms with Gasteiger partial charge in [0.25, 0.3) is 0 Å². The first kappa shape index (κ1) is 15.4. The Balaban J connectivity index is 1.65. The molecule has 0 unspecified atom stereocenters. The summed E-state index contributed by atoms with van der Waals surface area (Å²) in [6.07, 6.45) is 6.16. The normalized spacial score (nSPS) is 14.9. The fourth-order valence-electron chi connectivity index (χ4n) is 3.12. The molecule has 0 radical (unpaired) electrons. The maximum atomic E-state index is 11.4. The molecule has 0 aromatic carbocycles. The highest BCUT2D eigenvalue weighted by Gasteiger charge is 2.17. The third kappa shape index (κ3) is 3.47. The van der Waals surface area contributed by atoms with Gasteiger partial charge in [0.2, 0.25) is 0 Å². The molecule has 0 saturated heterocycles. The minimum Gasteiger partial charge on any atom is -0.296 e. The molecule has 0 spiro atoms. The quantitative estimate of drug-likeness (QED) is 0.677. The van der Waals surface area contributed by atoms with Gasteiger partial charge in [-0.2, -0.15) is 5.10 Å². The van der Waals surface area contributed by atoms with Crippen LogP contribution in [0.3, 0.4) is 0 Å². The third-order valence-electron chi connectivity index (χ3n) is 4.26. The van der Waals surface area contributed by atoms with Gasteiger partial charge in [0.15, 0.2) is 5.78 Å². The van der Waals surface area contributed by atoms with Gasteiger partial charge in [-0.1, -0.05) is 6.42 Å². The fraction of sp³-hybridized carbons (Fsp3) is 0.529. The zero-order chi connectivity index (χ0) is 15.5. The summed E-state index contributed by atoms with van der Waals surface area (Å²) in [6, 6.07) is 2.01. The lowest BCUT2D eigenvalue weighted by Crippen LogP contribution is -2.18. The van der Waals surface area contributed by atoms with Crippen LogP contribution in [0, 0.1) is 0 Å². The summed E-state index contributed by atoms with van der Waals surface area (Å²) in [7, 11) is 2.11. The fourth-order valence-corrected chi connectivity index (χ4v) is 3.93. The number of hydrogen-bond acceptors (Lipinski definition) is 4. The summed E-state index contributed by atoms with van der Waals surface area (Å²) >= 11 is 1.54. The first-order valence-corrected chi connectivity index (χ1v) is 8.83. The van der Waals surface area contributed by atoms with Crippen molar-refractivity contribution in [3.8, 4) is 0 Å². The van der Waals surface area contributed by atoms with Crippen LogP contribution >= 0.6 is 11.3 Å². The summed E-state index contributed by atoms with van der Waals surface area (Å²) < 4.78 is 0. The highest BCUT2D eigenvalue weighted by atomic mass is 32.1. The second-order valence-electron chi connectivity index (χ2n) is 6.24. The van der Waals surface area contributed by atoms with Crippen molar-refractivity contribution in [1.82, 2.24) is 15.1 Å². The SMILES string of the molecule is CC(=O)c1cc(CN(C)Cc2n[nH]c3c2CCCCC3)cs1. The number of hydrogen-bond donors (Lipinski definition) is 1. The Labute approximate surface area is 135 Å². The molecule has 2 heterocycles. The molecule has 0 bridgehead atoms. The Bertz CT molecular complexity index is 659. The molecule has 4 nitrogen and oxygen atoms in total. The van der Waals surface area contributed by atoms with Gasteiger partial charge in [0, 0.05) is 18.8 Å². The van der Waals surface area contributed by atoms with Crippen LogP contribution in [0.4, 0.5) is 0 Å². The molecule has 118 valence electrons. The molecule has 1 aliphatic carbocycles. The average molecular weight is 317 g/mol. The van der Waals surface area contributed by atoms with E-state index in [9.17, 15) is 4.79 Å². The molecule has 0 aliphatic heterocycles. The average Bonchev–Trinajstić information content (AvgIpc) is 3.00. The van der Waals surface area contributed by atoms with E-state index in [1.807, 2.05) is 6.07 Å². The molecule has 0 amide bonds. The lowest BCUT2D eigenvalue weighted by molar-refractivity contribution is 0.102. The van der Waals surface area contributed by atoms with Crippen molar-refractivity contribution in [3.05, 3.63) is 38.8 Å². The van der Waals surface area contributed by atoms with Crippen molar-refractivity contribution in [2.75, 3.05) is 7.05 Å². The first-order valence-electron chi connectivity index (χ1n) is 7.95. The molecular weight excluding hydrogens is 294 g/mol. The topological polar surface area (TPSA) is 49.0 Å². The summed E-state index contributed by atoms with van der Waals surface area (Å²) in [5, 5.41) is 9.85. The zero-order valence-corrected chi connectivity index (χ0v) is 14.1. The van der Waals surface area contributed by atoms with E-state index in [-0.39, 0.29) is 5.78 Å². The molecule has 0 saturated carbocycles. The minimum absolute atomic E-state index is 0.150. The standard InChI is InChI=1S/C17H23N3OS/c1-12(21)17-8-13(11-22-17)9-20(2)10-16-14-6-4-3-5-7-15(14)18-19-16/h8,11H,3-7,9-10H2,1-2H3,(H,18,19). The number of fused-ring (bicyclic) bond motifs is 1. The van der Waals surface area contributed by atoms with Gasteiger partial charge < -0.3 is 0 Å². The van der Waals surface area contributed by atoms with Gasteiger partial charge in [0.1, 0.15) is 0 Å². The van der Waals surface area contributed by atoms with Gasteiger partial charge in [-0.05, 0) is 62.2 Å². The number of Topliss-reactive ketones (excluding diaryl/α,β-unsaturated/α-hetero) is 1. The maximum absolute atomic E-state index is 11.4. The van der Waals surface area contributed by atoms with Crippen molar-refractivity contribution in [3.63, 3.8) is 0 Å². The Morgan fingerprint density at radius 1 is 1.32 bits per heavy atom. The molecule has 1 N–H and O–H groups in total. The molecule has 1 aliphatic rings. The number of carbonyl (C=O) groups is 1. The van der Waals surface area contributed by atoms with Crippen molar-refractivity contribution in [2.24, 2.45) is 0 Å². The Morgan fingerprint density at radius 3 is 2.91 bits per heavy atom. The highest BCUT2D eigenvalue weighted by Crippen LogP contribution is 2.23. The number of nitrogens with one attached hydrogen (secondary N) is 1. The van der Waals surface area contributed by atoms with Crippen molar-refractivity contribution in [2.45, 2.75) is 52.1 Å². The van der Waals surface area contributed by atoms with E-state index in [0.29, 0.717) is 0 Å². The number of carbonyl (C=O) groups excluding carboxylic acids is 1. The van der Waals surface area contributed by atoms with Crippen molar-refractivity contribution in [1.29, 1.82) is 0 Å².